The molecule has 1 saturated heterocycles. The number of nitrogens with one attached hydrogen (secondary N) is 2. The van der Waals surface area contributed by atoms with Crippen LogP contribution in [0.15, 0.2) is 57.0 Å². The molecule has 3 aromatic rings. The summed E-state index contributed by atoms with van der Waals surface area (Å²) in [5.74, 6) is 0.395. The summed E-state index contributed by atoms with van der Waals surface area (Å²) in [6.45, 7) is 3.84. The molecule has 1 aliphatic heterocycles. The van der Waals surface area contributed by atoms with Crippen LogP contribution in [0.4, 0.5) is 0 Å². The fourth-order valence-electron chi connectivity index (χ4n) is 2.63. The van der Waals surface area contributed by atoms with Gasteiger partial charge in [-0.25, -0.2) is 4.98 Å². The van der Waals surface area contributed by atoms with Crippen molar-refractivity contribution in [3.8, 4) is 11.5 Å². The minimum absolute atomic E-state index is 0.247. The number of hydrogen-bond acceptors (Lipinski definition) is 5. The number of amidine groups is 1. The molecule has 28 heavy (non-hydrogen) atoms. The van der Waals surface area contributed by atoms with Crippen LogP contribution in [0, 0.1) is 13.8 Å². The number of furan rings is 1. The van der Waals surface area contributed by atoms with E-state index in [4.69, 9.17) is 4.42 Å². The fraction of sp³-hybridized carbons (Fsp3) is 0.100. The summed E-state index contributed by atoms with van der Waals surface area (Å²) in [6, 6.07) is 10.7. The summed E-state index contributed by atoms with van der Waals surface area (Å²) in [5.41, 5.74) is 3.14. The highest BCUT2D eigenvalue weighted by Crippen LogP contribution is 2.29. The highest BCUT2D eigenvalue weighted by Gasteiger charge is 2.25. The molecule has 0 aliphatic carbocycles. The minimum atomic E-state index is -0.404. The Bertz CT molecular complexity index is 1120. The zero-order valence-electron chi connectivity index (χ0n) is 15.1. The molecule has 2 N–H and O–H groups in total. The number of carbonyl (C=O) groups is 2. The summed E-state index contributed by atoms with van der Waals surface area (Å²) >= 11 is 1.10. The largest absolute Gasteiger partial charge is 0.455 e. The van der Waals surface area contributed by atoms with Crippen molar-refractivity contribution in [1.29, 1.82) is 0 Å². The van der Waals surface area contributed by atoms with E-state index in [2.05, 4.69) is 20.3 Å². The van der Waals surface area contributed by atoms with Gasteiger partial charge in [0.25, 0.3) is 11.8 Å². The molecule has 1 aromatic carbocycles. The second-order valence-electron chi connectivity index (χ2n) is 6.23. The summed E-state index contributed by atoms with van der Waals surface area (Å²) in [6.07, 6.45) is 3.21. The maximum atomic E-state index is 12.3. The van der Waals surface area contributed by atoms with Crippen molar-refractivity contribution in [2.24, 2.45) is 4.99 Å². The average molecular weight is 392 g/mol. The van der Waals surface area contributed by atoms with Crippen molar-refractivity contribution in [3.05, 3.63) is 70.2 Å². The van der Waals surface area contributed by atoms with Gasteiger partial charge < -0.3 is 14.7 Å². The molecule has 0 unspecified atom stereocenters. The third-order valence-corrected chi connectivity index (χ3v) is 5.03. The van der Waals surface area contributed by atoms with Crippen molar-refractivity contribution in [1.82, 2.24) is 15.3 Å². The lowest BCUT2D eigenvalue weighted by Gasteiger charge is -1.97. The monoisotopic (exact) mass is 392 g/mol. The number of imidazole rings is 1. The number of aryl methyl sites for hydroxylation is 2. The van der Waals surface area contributed by atoms with Gasteiger partial charge in [0.05, 0.1) is 11.2 Å². The number of hydrogen-bond donors (Lipinski definition) is 2. The van der Waals surface area contributed by atoms with E-state index in [-0.39, 0.29) is 11.1 Å². The fourth-order valence-corrected chi connectivity index (χ4v) is 3.43. The van der Waals surface area contributed by atoms with Crippen LogP contribution in [0.1, 0.15) is 27.4 Å². The average Bonchev–Trinajstić information content (AvgIpc) is 3.37. The number of aromatic amines is 1. The Balaban J connectivity index is 1.52. The molecule has 1 fully saturated rings. The molecule has 0 spiro atoms. The first kappa shape index (κ1) is 18.0. The molecule has 0 bridgehead atoms. The van der Waals surface area contributed by atoms with Gasteiger partial charge in [-0.3, -0.25) is 9.59 Å². The smallest absolute Gasteiger partial charge is 0.279 e. The minimum Gasteiger partial charge on any atom is -0.455 e. The maximum Gasteiger partial charge on any atom is 0.279 e. The first-order valence-electron chi connectivity index (χ1n) is 8.50. The number of aliphatic imine (C=N–C) groups is 1. The highest BCUT2D eigenvalue weighted by molar-refractivity contribution is 8.18. The third kappa shape index (κ3) is 3.67. The number of thioether (sulfide) groups is 1. The number of nitrogens with zero attached hydrogens (tertiary/aromatic N) is 2. The Labute approximate surface area is 165 Å². The van der Waals surface area contributed by atoms with Crippen LogP contribution in [0.3, 0.4) is 0 Å². The molecule has 0 atom stereocenters. The van der Waals surface area contributed by atoms with Gasteiger partial charge in [-0.15, -0.1) is 0 Å². The Morgan fingerprint density at radius 1 is 1.18 bits per heavy atom. The SMILES string of the molecule is Cc1ccc(C(=O)N=C2NC(=O)/C(=C/c3ccc(-c4nc[nH]c4C)o3)S2)cc1. The zero-order chi connectivity index (χ0) is 19.7. The van der Waals surface area contributed by atoms with E-state index in [1.54, 1.807) is 36.7 Å². The Hall–Kier alpha value is -3.39. The number of amides is 2. The molecule has 2 amide bonds. The number of benzene rings is 1. The molecule has 7 nitrogen and oxygen atoms in total. The van der Waals surface area contributed by atoms with Gasteiger partial charge in [0.1, 0.15) is 11.5 Å². The van der Waals surface area contributed by atoms with E-state index < -0.39 is 5.91 Å². The van der Waals surface area contributed by atoms with E-state index in [0.29, 0.717) is 22.0 Å². The Morgan fingerprint density at radius 2 is 1.96 bits per heavy atom. The van der Waals surface area contributed by atoms with E-state index in [9.17, 15) is 9.59 Å². The van der Waals surface area contributed by atoms with E-state index >= 15 is 0 Å². The molecule has 140 valence electrons. The second kappa shape index (κ2) is 7.32. The predicted molar refractivity (Wildman–Crippen MR) is 108 cm³/mol. The zero-order valence-corrected chi connectivity index (χ0v) is 16.0. The van der Waals surface area contributed by atoms with E-state index in [0.717, 1.165) is 28.7 Å². The van der Waals surface area contributed by atoms with Crippen LogP contribution in [0.5, 0.6) is 0 Å². The van der Waals surface area contributed by atoms with Crippen molar-refractivity contribution < 1.29 is 14.0 Å². The molecule has 0 saturated carbocycles. The lowest BCUT2D eigenvalue weighted by Crippen LogP contribution is -2.20. The normalized spacial score (nSPS) is 16.7. The van der Waals surface area contributed by atoms with Gasteiger partial charge in [-0.2, -0.15) is 4.99 Å². The molecule has 2 aromatic heterocycles. The Kier molecular flexibility index (Phi) is 4.70. The van der Waals surface area contributed by atoms with Crippen LogP contribution >= 0.6 is 11.8 Å². The summed E-state index contributed by atoms with van der Waals surface area (Å²) in [4.78, 5) is 36.0. The quantitative estimate of drug-likeness (QED) is 0.662. The van der Waals surface area contributed by atoms with E-state index in [1.807, 2.05) is 26.0 Å². The molecule has 3 heterocycles. The van der Waals surface area contributed by atoms with Crippen LogP contribution in [-0.4, -0.2) is 26.9 Å². The van der Waals surface area contributed by atoms with E-state index in [1.165, 1.54) is 0 Å². The Morgan fingerprint density at radius 3 is 2.68 bits per heavy atom. The van der Waals surface area contributed by atoms with Crippen LogP contribution in [0.25, 0.3) is 17.5 Å². The summed E-state index contributed by atoms with van der Waals surface area (Å²) in [7, 11) is 0. The lowest BCUT2D eigenvalue weighted by molar-refractivity contribution is -0.115. The summed E-state index contributed by atoms with van der Waals surface area (Å²) < 4.78 is 5.76. The number of carbonyl (C=O) groups excluding carboxylic acids is 2. The molecule has 4 rings (SSSR count). The van der Waals surface area contributed by atoms with Crippen LogP contribution < -0.4 is 5.32 Å². The molecular weight excluding hydrogens is 376 g/mol. The van der Waals surface area contributed by atoms with Gasteiger partial charge >= 0.3 is 0 Å². The van der Waals surface area contributed by atoms with Gasteiger partial charge in [0.2, 0.25) is 0 Å². The molecule has 8 heteroatoms. The second-order valence-corrected chi connectivity index (χ2v) is 7.26. The van der Waals surface area contributed by atoms with Gasteiger partial charge in [-0.1, -0.05) is 17.7 Å². The molecule has 0 radical (unpaired) electrons. The van der Waals surface area contributed by atoms with Gasteiger partial charge in [-0.05, 0) is 49.9 Å². The predicted octanol–water partition coefficient (Wildman–Crippen LogP) is 3.69. The number of rotatable bonds is 3. The molecule has 1 aliphatic rings. The van der Waals surface area contributed by atoms with Crippen molar-refractivity contribution in [3.63, 3.8) is 0 Å². The molecular formula is C20H16N4O3S. The van der Waals surface area contributed by atoms with Crippen LogP contribution in [0.2, 0.25) is 0 Å². The number of aromatic nitrogens is 2. The van der Waals surface area contributed by atoms with Crippen molar-refractivity contribution in [2.75, 3.05) is 0 Å². The first-order valence-corrected chi connectivity index (χ1v) is 9.32. The van der Waals surface area contributed by atoms with Crippen molar-refractivity contribution in [2.45, 2.75) is 13.8 Å². The summed E-state index contributed by atoms with van der Waals surface area (Å²) in [5, 5.41) is 2.85. The highest BCUT2D eigenvalue weighted by atomic mass is 32.2. The third-order valence-electron chi connectivity index (χ3n) is 4.12. The maximum absolute atomic E-state index is 12.3. The lowest BCUT2D eigenvalue weighted by atomic mass is 10.1. The number of H-pyrrole nitrogens is 1. The first-order chi connectivity index (χ1) is 13.5. The van der Waals surface area contributed by atoms with Gasteiger partial charge in [0.15, 0.2) is 10.9 Å². The van der Waals surface area contributed by atoms with Crippen LogP contribution in [-0.2, 0) is 4.79 Å². The standard InChI is InChI=1S/C20H16N4O3S/c1-11-3-5-13(6-4-11)18(25)23-20-24-19(26)16(28-20)9-14-7-8-15(27-14)17-12(2)21-10-22-17/h3-10H,1-2H3,(H,21,22)(H,23,24,25,26)/b16-9-. The topological polar surface area (TPSA) is 100 Å². The van der Waals surface area contributed by atoms with Crippen molar-refractivity contribution >= 4 is 34.8 Å². The van der Waals surface area contributed by atoms with Gasteiger partial charge in [0, 0.05) is 17.3 Å².